The van der Waals surface area contributed by atoms with Crippen LogP contribution < -0.4 is 16.0 Å². The van der Waals surface area contributed by atoms with Gasteiger partial charge in [-0.1, -0.05) is 13.0 Å². The quantitative estimate of drug-likeness (QED) is 0.416. The summed E-state index contributed by atoms with van der Waals surface area (Å²) < 4.78 is 34.6. The van der Waals surface area contributed by atoms with Crippen molar-refractivity contribution in [2.45, 2.75) is 57.5 Å². The Bertz CT molecular complexity index is 1380. The van der Waals surface area contributed by atoms with Crippen molar-refractivity contribution in [2.75, 3.05) is 75.5 Å². The first-order valence-electron chi connectivity index (χ1n) is 15.3. The number of piperazine rings is 1. The van der Waals surface area contributed by atoms with Crippen molar-refractivity contribution in [3.05, 3.63) is 35.7 Å². The molecule has 0 saturated carbocycles. The van der Waals surface area contributed by atoms with Crippen LogP contribution in [-0.4, -0.2) is 96.4 Å². The van der Waals surface area contributed by atoms with Crippen molar-refractivity contribution in [3.8, 4) is 11.1 Å². The minimum atomic E-state index is -2.60. The molecule has 0 unspecified atom stereocenters. The van der Waals surface area contributed by atoms with Gasteiger partial charge in [0, 0.05) is 87.6 Å². The molecule has 226 valence electrons. The Labute approximate surface area is 246 Å². The number of hydrogen-bond donors (Lipinski definition) is 2. The number of hydrogen-bond acceptors (Lipinski definition) is 9. The van der Waals surface area contributed by atoms with Crippen LogP contribution in [0.3, 0.4) is 0 Å². The maximum Gasteiger partial charge on any atom is 0.265 e. The number of aromatic nitrogens is 3. The van der Waals surface area contributed by atoms with Crippen LogP contribution in [0.2, 0.25) is 0 Å². The van der Waals surface area contributed by atoms with Gasteiger partial charge in [0.05, 0.1) is 5.69 Å². The Morgan fingerprint density at radius 2 is 1.74 bits per heavy atom. The second-order valence-corrected chi connectivity index (χ2v) is 11.8. The van der Waals surface area contributed by atoms with E-state index in [0.29, 0.717) is 59.3 Å². The average molecular weight is 581 g/mol. The highest BCUT2D eigenvalue weighted by Crippen LogP contribution is 2.38. The first-order valence-corrected chi connectivity index (χ1v) is 15.3. The van der Waals surface area contributed by atoms with Crippen molar-refractivity contribution in [2.24, 2.45) is 0 Å². The lowest BCUT2D eigenvalue weighted by Crippen LogP contribution is -2.52. The smallest absolute Gasteiger partial charge is 0.265 e. The van der Waals surface area contributed by atoms with Crippen LogP contribution in [0.5, 0.6) is 0 Å². The molecule has 5 heterocycles. The number of pyridine rings is 1. The van der Waals surface area contributed by atoms with Gasteiger partial charge in [0.2, 0.25) is 0 Å². The van der Waals surface area contributed by atoms with Crippen molar-refractivity contribution in [1.82, 2.24) is 24.8 Å². The summed E-state index contributed by atoms with van der Waals surface area (Å²) in [5, 5.41) is 3.55. The molecule has 0 radical (unpaired) electrons. The van der Waals surface area contributed by atoms with Gasteiger partial charge in [-0.2, -0.15) is 0 Å². The number of alkyl halides is 2. The van der Waals surface area contributed by atoms with E-state index < -0.39 is 6.43 Å². The van der Waals surface area contributed by atoms with E-state index in [1.165, 1.54) is 0 Å². The van der Waals surface area contributed by atoms with E-state index >= 15 is 0 Å². The lowest BCUT2D eigenvalue weighted by molar-refractivity contribution is 0.0903. The zero-order valence-electron chi connectivity index (χ0n) is 24.7. The molecule has 0 atom stereocenters. The standard InChI is InChI=1S/C31H42F2N8O/c1-3-25-31(36-21-8-16-42-17-9-21)38-27-24(19-35-30(34)28(27)37-25)20-4-5-26(23(18-20)29(32)33)41-10-6-22(7-11-41)40-14-12-39(2)13-15-40/h4-5,18-19,21-22,29H,3,6-17H2,1-2H3,(H2,34,35)(H,36,38). The molecular formula is C31H42F2N8O. The van der Waals surface area contributed by atoms with Gasteiger partial charge in [0.1, 0.15) is 16.9 Å². The summed E-state index contributed by atoms with van der Waals surface area (Å²) in [6, 6.07) is 6.10. The number of ether oxygens (including phenoxy) is 1. The van der Waals surface area contributed by atoms with Crippen LogP contribution in [0.15, 0.2) is 24.4 Å². The third kappa shape index (κ3) is 6.00. The molecule has 0 amide bonds. The van der Waals surface area contributed by atoms with Gasteiger partial charge < -0.3 is 25.6 Å². The van der Waals surface area contributed by atoms with Gasteiger partial charge in [-0.25, -0.2) is 23.7 Å². The molecule has 0 aliphatic carbocycles. The number of piperidine rings is 1. The van der Waals surface area contributed by atoms with Gasteiger partial charge >= 0.3 is 0 Å². The maximum atomic E-state index is 14.6. The summed E-state index contributed by atoms with van der Waals surface area (Å²) in [6.45, 7) is 9.32. The highest BCUT2D eigenvalue weighted by atomic mass is 19.3. The number of rotatable bonds is 7. The first-order chi connectivity index (χ1) is 20.4. The number of fused-ring (bicyclic) bond motifs is 1. The minimum absolute atomic E-state index is 0.0363. The number of aryl methyl sites for hydroxylation is 1. The Balaban J connectivity index is 1.29. The molecule has 3 saturated heterocycles. The van der Waals surface area contributed by atoms with Crippen LogP contribution in [0.25, 0.3) is 22.2 Å². The molecule has 11 heteroatoms. The van der Waals surface area contributed by atoms with Gasteiger partial charge in [-0.3, -0.25) is 4.90 Å². The zero-order valence-corrected chi connectivity index (χ0v) is 24.7. The zero-order chi connectivity index (χ0) is 29.2. The molecular weight excluding hydrogens is 538 g/mol. The Morgan fingerprint density at radius 3 is 2.43 bits per heavy atom. The number of nitrogens with zero attached hydrogens (tertiary/aromatic N) is 6. The molecule has 1 aromatic carbocycles. The second-order valence-electron chi connectivity index (χ2n) is 11.8. The fraction of sp³-hybridized carbons (Fsp3) is 0.581. The Morgan fingerprint density at radius 1 is 1.00 bits per heavy atom. The van der Waals surface area contributed by atoms with Gasteiger partial charge in [0.25, 0.3) is 6.43 Å². The predicted molar refractivity (Wildman–Crippen MR) is 163 cm³/mol. The SMILES string of the molecule is CCc1nc2c(N)ncc(-c3ccc(N4CCC(N5CCN(C)CC5)CC4)c(C(F)F)c3)c2nc1NC1CCOCC1. The highest BCUT2D eigenvalue weighted by molar-refractivity contribution is 5.97. The summed E-state index contributed by atoms with van der Waals surface area (Å²) in [7, 11) is 2.16. The number of likely N-dealkylation sites (N-methyl/N-ethyl adjacent to an activating group) is 1. The lowest BCUT2D eigenvalue weighted by atomic mass is 9.98. The minimum Gasteiger partial charge on any atom is -0.382 e. The molecule has 3 aliphatic heterocycles. The topological polar surface area (TPSA) is 95.7 Å². The van der Waals surface area contributed by atoms with Crippen LogP contribution in [0.1, 0.15) is 50.3 Å². The van der Waals surface area contributed by atoms with Gasteiger partial charge in [-0.05, 0) is 56.8 Å². The molecule has 3 aromatic rings. The fourth-order valence-electron chi connectivity index (χ4n) is 6.55. The van der Waals surface area contributed by atoms with E-state index in [1.807, 2.05) is 19.1 Å². The highest BCUT2D eigenvalue weighted by Gasteiger charge is 2.29. The lowest BCUT2D eigenvalue weighted by Gasteiger charge is -2.43. The Kier molecular flexibility index (Phi) is 8.69. The van der Waals surface area contributed by atoms with Crippen molar-refractivity contribution < 1.29 is 13.5 Å². The molecule has 9 nitrogen and oxygen atoms in total. The van der Waals surface area contributed by atoms with Crippen molar-refractivity contribution in [3.63, 3.8) is 0 Å². The summed E-state index contributed by atoms with van der Waals surface area (Å²) >= 11 is 0. The van der Waals surface area contributed by atoms with Crippen LogP contribution in [0, 0.1) is 0 Å². The van der Waals surface area contributed by atoms with Gasteiger partial charge in [-0.15, -0.1) is 0 Å². The molecule has 0 spiro atoms. The van der Waals surface area contributed by atoms with Gasteiger partial charge in [0.15, 0.2) is 5.82 Å². The van der Waals surface area contributed by atoms with Crippen LogP contribution >= 0.6 is 0 Å². The van der Waals surface area contributed by atoms with E-state index in [0.717, 1.165) is 70.6 Å². The van der Waals surface area contributed by atoms with E-state index in [4.69, 9.17) is 20.4 Å². The largest absolute Gasteiger partial charge is 0.382 e. The molecule has 0 bridgehead atoms. The number of benzene rings is 1. The summed E-state index contributed by atoms with van der Waals surface area (Å²) in [6.07, 6.45) is 3.44. The van der Waals surface area contributed by atoms with E-state index in [-0.39, 0.29) is 17.4 Å². The molecule has 2 aromatic heterocycles. The van der Waals surface area contributed by atoms with Crippen molar-refractivity contribution in [1.29, 1.82) is 0 Å². The third-order valence-electron chi connectivity index (χ3n) is 9.13. The molecule has 3 N–H and O–H groups in total. The summed E-state index contributed by atoms with van der Waals surface area (Å²) in [4.78, 5) is 21.3. The number of nitrogen functional groups attached to an aromatic ring is 1. The Hall–Kier alpha value is -3.15. The number of anilines is 3. The molecule has 3 aliphatic rings. The predicted octanol–water partition coefficient (Wildman–Crippen LogP) is 4.58. The average Bonchev–Trinajstić information content (AvgIpc) is 3.02. The van der Waals surface area contributed by atoms with Crippen LogP contribution in [-0.2, 0) is 11.2 Å². The van der Waals surface area contributed by atoms with Crippen LogP contribution in [0.4, 0.5) is 26.1 Å². The van der Waals surface area contributed by atoms with Crippen molar-refractivity contribution >= 4 is 28.4 Å². The second kappa shape index (κ2) is 12.6. The number of halogens is 2. The van der Waals surface area contributed by atoms with E-state index in [1.54, 1.807) is 12.3 Å². The molecule has 3 fully saturated rings. The molecule has 42 heavy (non-hydrogen) atoms. The normalized spacial score (nSPS) is 20.1. The summed E-state index contributed by atoms with van der Waals surface area (Å²) in [5.74, 6) is 0.986. The first kappa shape index (κ1) is 28.9. The molecule has 6 rings (SSSR count). The number of nitrogens with two attached hydrogens (primary N) is 1. The monoisotopic (exact) mass is 580 g/mol. The van der Waals surface area contributed by atoms with E-state index in [2.05, 4.69) is 32.0 Å². The summed E-state index contributed by atoms with van der Waals surface area (Å²) in [5.41, 5.74) is 10.0. The fourth-order valence-corrected chi connectivity index (χ4v) is 6.55. The third-order valence-corrected chi connectivity index (χ3v) is 9.13. The van der Waals surface area contributed by atoms with E-state index in [9.17, 15) is 8.78 Å². The number of nitrogens with one attached hydrogen (secondary N) is 1. The maximum absolute atomic E-state index is 14.6.